The standard InChI is InChI=1S/C15H19N3OS/c1-18(2)15(19)16-9-8-14-17-11-13(20-14)10-12-6-4-3-5-7-12/h3-7,11H,8-10H2,1-2H3,(H,16,19). The lowest BCUT2D eigenvalue weighted by Gasteiger charge is -2.10. The number of rotatable bonds is 5. The van der Waals surface area contributed by atoms with Gasteiger partial charge in [-0.25, -0.2) is 9.78 Å². The maximum atomic E-state index is 11.4. The second-order valence-corrected chi connectivity index (χ2v) is 5.96. The highest BCUT2D eigenvalue weighted by Crippen LogP contribution is 2.17. The molecule has 2 aromatic rings. The van der Waals surface area contributed by atoms with Crippen molar-refractivity contribution < 1.29 is 4.79 Å². The average Bonchev–Trinajstić information content (AvgIpc) is 2.87. The van der Waals surface area contributed by atoms with Gasteiger partial charge in [-0.3, -0.25) is 0 Å². The van der Waals surface area contributed by atoms with E-state index in [9.17, 15) is 4.79 Å². The molecule has 0 atom stereocenters. The number of nitrogens with one attached hydrogen (secondary N) is 1. The number of carbonyl (C=O) groups excluding carboxylic acids is 1. The Labute approximate surface area is 123 Å². The van der Waals surface area contributed by atoms with Crippen molar-refractivity contribution in [1.82, 2.24) is 15.2 Å². The third kappa shape index (κ3) is 4.35. The first kappa shape index (κ1) is 14.5. The molecule has 5 heteroatoms. The number of aromatic nitrogens is 1. The van der Waals surface area contributed by atoms with Gasteiger partial charge in [0.25, 0.3) is 0 Å². The van der Waals surface area contributed by atoms with Crippen molar-refractivity contribution in [3.63, 3.8) is 0 Å². The van der Waals surface area contributed by atoms with E-state index in [0.717, 1.165) is 17.8 Å². The Kier molecular flexibility index (Phi) is 5.12. The van der Waals surface area contributed by atoms with Crippen LogP contribution in [0.4, 0.5) is 4.79 Å². The van der Waals surface area contributed by atoms with E-state index in [2.05, 4.69) is 22.4 Å². The molecule has 0 spiro atoms. The summed E-state index contributed by atoms with van der Waals surface area (Å²) >= 11 is 1.71. The molecule has 0 fully saturated rings. The van der Waals surface area contributed by atoms with Crippen molar-refractivity contribution in [3.8, 4) is 0 Å². The van der Waals surface area contributed by atoms with Gasteiger partial charge in [-0.05, 0) is 5.56 Å². The van der Waals surface area contributed by atoms with Gasteiger partial charge < -0.3 is 10.2 Å². The Balaban J connectivity index is 1.82. The predicted octanol–water partition coefficient (Wildman–Crippen LogP) is 2.55. The summed E-state index contributed by atoms with van der Waals surface area (Å²) in [6.45, 7) is 0.620. The molecule has 0 radical (unpaired) electrons. The van der Waals surface area contributed by atoms with Crippen molar-refractivity contribution in [2.75, 3.05) is 20.6 Å². The van der Waals surface area contributed by atoms with Crippen molar-refractivity contribution in [1.29, 1.82) is 0 Å². The summed E-state index contributed by atoms with van der Waals surface area (Å²) in [6, 6.07) is 10.3. The predicted molar refractivity (Wildman–Crippen MR) is 82.2 cm³/mol. The summed E-state index contributed by atoms with van der Waals surface area (Å²) in [5.41, 5.74) is 1.30. The number of nitrogens with zero attached hydrogens (tertiary/aromatic N) is 2. The topological polar surface area (TPSA) is 45.2 Å². The minimum atomic E-state index is -0.0638. The molecule has 1 heterocycles. The molecule has 0 saturated heterocycles. The van der Waals surface area contributed by atoms with Gasteiger partial charge in [-0.1, -0.05) is 30.3 Å². The highest BCUT2D eigenvalue weighted by atomic mass is 32.1. The maximum Gasteiger partial charge on any atom is 0.316 e. The molecule has 2 rings (SSSR count). The Bertz CT molecular complexity index is 551. The van der Waals surface area contributed by atoms with E-state index in [0.29, 0.717) is 6.54 Å². The van der Waals surface area contributed by atoms with Gasteiger partial charge in [0.05, 0.1) is 5.01 Å². The zero-order valence-corrected chi connectivity index (χ0v) is 12.6. The molecule has 2 amide bonds. The fourth-order valence-electron chi connectivity index (χ4n) is 1.78. The number of amides is 2. The zero-order valence-electron chi connectivity index (χ0n) is 11.8. The van der Waals surface area contributed by atoms with Gasteiger partial charge in [0.15, 0.2) is 0 Å². The van der Waals surface area contributed by atoms with E-state index in [4.69, 9.17) is 0 Å². The van der Waals surface area contributed by atoms with E-state index >= 15 is 0 Å². The van der Waals surface area contributed by atoms with Gasteiger partial charge in [0, 0.05) is 44.6 Å². The first-order chi connectivity index (χ1) is 9.65. The van der Waals surface area contributed by atoms with E-state index in [1.165, 1.54) is 15.3 Å². The SMILES string of the molecule is CN(C)C(=O)NCCc1ncc(Cc2ccccc2)s1. The molecule has 20 heavy (non-hydrogen) atoms. The van der Waals surface area contributed by atoms with Crippen LogP contribution >= 0.6 is 11.3 Å². The number of hydrogen-bond acceptors (Lipinski definition) is 3. The molecular weight excluding hydrogens is 270 g/mol. The molecule has 0 bridgehead atoms. The summed E-state index contributed by atoms with van der Waals surface area (Å²) < 4.78 is 0. The molecule has 0 aliphatic heterocycles. The van der Waals surface area contributed by atoms with Crippen molar-refractivity contribution >= 4 is 17.4 Å². The van der Waals surface area contributed by atoms with E-state index < -0.39 is 0 Å². The Hall–Kier alpha value is -1.88. The molecule has 106 valence electrons. The largest absolute Gasteiger partial charge is 0.338 e. The van der Waals surface area contributed by atoms with Crippen LogP contribution in [0, 0.1) is 0 Å². The normalized spacial score (nSPS) is 10.3. The van der Waals surface area contributed by atoms with E-state index in [1.54, 1.807) is 25.4 Å². The first-order valence-corrected chi connectivity index (χ1v) is 7.39. The zero-order chi connectivity index (χ0) is 14.4. The van der Waals surface area contributed by atoms with Gasteiger partial charge in [-0.15, -0.1) is 11.3 Å². The monoisotopic (exact) mass is 289 g/mol. The van der Waals surface area contributed by atoms with Crippen LogP contribution < -0.4 is 5.32 Å². The van der Waals surface area contributed by atoms with Crippen LogP contribution in [0.1, 0.15) is 15.4 Å². The maximum absolute atomic E-state index is 11.4. The molecule has 1 aromatic carbocycles. The fraction of sp³-hybridized carbons (Fsp3) is 0.333. The average molecular weight is 289 g/mol. The lowest BCUT2D eigenvalue weighted by Crippen LogP contribution is -2.35. The molecular formula is C15H19N3OS. The van der Waals surface area contributed by atoms with Crippen LogP contribution in [-0.4, -0.2) is 36.6 Å². The Morgan fingerprint density at radius 3 is 2.75 bits per heavy atom. The second-order valence-electron chi connectivity index (χ2n) is 4.76. The molecule has 0 saturated carbocycles. The van der Waals surface area contributed by atoms with Crippen LogP contribution in [0.5, 0.6) is 0 Å². The van der Waals surface area contributed by atoms with Crippen LogP contribution in [-0.2, 0) is 12.8 Å². The molecule has 0 aliphatic carbocycles. The highest BCUT2D eigenvalue weighted by molar-refractivity contribution is 7.11. The number of thiazole rings is 1. The van der Waals surface area contributed by atoms with Crippen LogP contribution in [0.3, 0.4) is 0 Å². The third-order valence-electron chi connectivity index (χ3n) is 2.84. The van der Waals surface area contributed by atoms with E-state index in [1.807, 2.05) is 24.4 Å². The number of carbonyl (C=O) groups is 1. The Morgan fingerprint density at radius 2 is 2.05 bits per heavy atom. The third-order valence-corrected chi connectivity index (χ3v) is 3.90. The van der Waals surface area contributed by atoms with Crippen LogP contribution in [0.25, 0.3) is 0 Å². The molecule has 1 aromatic heterocycles. The summed E-state index contributed by atoms with van der Waals surface area (Å²) in [4.78, 5) is 18.6. The van der Waals surface area contributed by atoms with Gasteiger partial charge >= 0.3 is 6.03 Å². The Morgan fingerprint density at radius 1 is 1.30 bits per heavy atom. The van der Waals surface area contributed by atoms with Crippen LogP contribution in [0.15, 0.2) is 36.5 Å². The summed E-state index contributed by atoms with van der Waals surface area (Å²) in [7, 11) is 3.47. The lowest BCUT2D eigenvalue weighted by atomic mass is 10.1. The summed E-state index contributed by atoms with van der Waals surface area (Å²) in [5, 5.41) is 3.91. The number of hydrogen-bond donors (Lipinski definition) is 1. The molecule has 0 unspecified atom stereocenters. The summed E-state index contributed by atoms with van der Waals surface area (Å²) in [6.07, 6.45) is 3.63. The van der Waals surface area contributed by atoms with Crippen molar-refractivity contribution in [3.05, 3.63) is 52.0 Å². The first-order valence-electron chi connectivity index (χ1n) is 6.58. The second kappa shape index (κ2) is 7.05. The number of benzene rings is 1. The van der Waals surface area contributed by atoms with Crippen LogP contribution in [0.2, 0.25) is 0 Å². The number of urea groups is 1. The van der Waals surface area contributed by atoms with Crippen molar-refractivity contribution in [2.24, 2.45) is 0 Å². The fourth-order valence-corrected chi connectivity index (χ4v) is 2.73. The van der Waals surface area contributed by atoms with E-state index in [-0.39, 0.29) is 6.03 Å². The van der Waals surface area contributed by atoms with Gasteiger partial charge in [0.2, 0.25) is 0 Å². The molecule has 0 aliphatic rings. The molecule has 4 nitrogen and oxygen atoms in total. The highest BCUT2D eigenvalue weighted by Gasteiger charge is 2.05. The minimum absolute atomic E-state index is 0.0638. The quantitative estimate of drug-likeness (QED) is 0.919. The molecule has 1 N–H and O–H groups in total. The minimum Gasteiger partial charge on any atom is -0.338 e. The van der Waals surface area contributed by atoms with Crippen molar-refractivity contribution in [2.45, 2.75) is 12.8 Å². The lowest BCUT2D eigenvalue weighted by molar-refractivity contribution is 0.217. The summed E-state index contributed by atoms with van der Waals surface area (Å²) in [5.74, 6) is 0. The smallest absolute Gasteiger partial charge is 0.316 e. The van der Waals surface area contributed by atoms with Gasteiger partial charge in [-0.2, -0.15) is 0 Å². The van der Waals surface area contributed by atoms with Gasteiger partial charge in [0.1, 0.15) is 0 Å².